The number of nitrogens with zero attached hydrogens (tertiary/aromatic N) is 1. The molecule has 0 amide bonds. The van der Waals surface area contributed by atoms with Gasteiger partial charge in [0.15, 0.2) is 0 Å². The second-order valence-electron chi connectivity index (χ2n) is 3.12. The first-order chi connectivity index (χ1) is 7.67. The topological polar surface area (TPSA) is 62.4 Å². The van der Waals surface area contributed by atoms with E-state index in [9.17, 15) is 0 Å². The molecule has 0 heterocycles. The molecule has 16 heavy (non-hydrogen) atoms. The predicted molar refractivity (Wildman–Crippen MR) is 75.4 cm³/mol. The third-order valence-corrected chi connectivity index (χ3v) is 3.00. The number of nitrogens with one attached hydrogen (secondary N) is 2. The van der Waals surface area contributed by atoms with Crippen LogP contribution in [-0.2, 0) is 0 Å². The van der Waals surface area contributed by atoms with Crippen molar-refractivity contribution in [1.82, 2.24) is 5.43 Å². The highest BCUT2D eigenvalue weighted by Crippen LogP contribution is 2.25. The van der Waals surface area contributed by atoms with Crippen LogP contribution in [0.5, 0.6) is 0 Å². The zero-order chi connectivity index (χ0) is 12.0. The molecule has 1 aromatic rings. The Morgan fingerprint density at radius 2 is 2.19 bits per heavy atom. The standard InChI is InChI=1S/C10H14Br2N4/c1-2-5-14-10(16-13)15-9-6-7(11)3-4-8(9)12/h3-4,6H,2,5,13H2,1H3,(H2,14,15,16). The lowest BCUT2D eigenvalue weighted by atomic mass is 10.3. The van der Waals surface area contributed by atoms with Crippen molar-refractivity contribution in [3.63, 3.8) is 0 Å². The second-order valence-corrected chi connectivity index (χ2v) is 4.89. The van der Waals surface area contributed by atoms with Gasteiger partial charge in [-0.15, -0.1) is 0 Å². The molecule has 0 fully saturated rings. The number of anilines is 1. The number of hydrazine groups is 1. The fourth-order valence-corrected chi connectivity index (χ4v) is 1.77. The van der Waals surface area contributed by atoms with Gasteiger partial charge in [0, 0.05) is 15.5 Å². The van der Waals surface area contributed by atoms with E-state index < -0.39 is 0 Å². The Balaban J connectivity index is 2.81. The Morgan fingerprint density at radius 1 is 1.44 bits per heavy atom. The Kier molecular flexibility index (Phi) is 5.79. The predicted octanol–water partition coefficient (Wildman–Crippen LogP) is 2.85. The van der Waals surface area contributed by atoms with Crippen molar-refractivity contribution in [3.8, 4) is 0 Å². The Morgan fingerprint density at radius 3 is 2.81 bits per heavy atom. The highest BCUT2D eigenvalue weighted by Gasteiger charge is 2.02. The summed E-state index contributed by atoms with van der Waals surface area (Å²) < 4.78 is 1.94. The summed E-state index contributed by atoms with van der Waals surface area (Å²) in [5.74, 6) is 5.94. The molecule has 0 radical (unpaired) electrons. The third kappa shape index (κ3) is 4.11. The number of aliphatic imine (C=N–C) groups is 1. The molecule has 4 nitrogen and oxygen atoms in total. The molecule has 0 aliphatic carbocycles. The van der Waals surface area contributed by atoms with Crippen molar-refractivity contribution in [2.24, 2.45) is 10.8 Å². The molecule has 88 valence electrons. The van der Waals surface area contributed by atoms with E-state index in [1.54, 1.807) is 0 Å². The molecule has 0 bridgehead atoms. The lowest BCUT2D eigenvalue weighted by molar-refractivity contribution is 0.905. The molecule has 1 aromatic carbocycles. The van der Waals surface area contributed by atoms with Gasteiger partial charge in [-0.3, -0.25) is 10.4 Å². The van der Waals surface area contributed by atoms with Gasteiger partial charge in [0.25, 0.3) is 0 Å². The van der Waals surface area contributed by atoms with E-state index in [1.807, 2.05) is 18.2 Å². The van der Waals surface area contributed by atoms with Crippen LogP contribution in [0.3, 0.4) is 0 Å². The number of hydrogen-bond acceptors (Lipinski definition) is 2. The van der Waals surface area contributed by atoms with Gasteiger partial charge in [-0.1, -0.05) is 22.9 Å². The minimum atomic E-state index is 0.556. The van der Waals surface area contributed by atoms with Gasteiger partial charge in [0.1, 0.15) is 0 Å². The molecule has 0 saturated heterocycles. The maximum Gasteiger partial charge on any atom is 0.210 e. The minimum absolute atomic E-state index is 0.556. The first kappa shape index (κ1) is 13.5. The van der Waals surface area contributed by atoms with Crippen molar-refractivity contribution in [3.05, 3.63) is 27.1 Å². The number of hydrogen-bond donors (Lipinski definition) is 3. The van der Waals surface area contributed by atoms with Crippen LogP contribution in [0.4, 0.5) is 5.69 Å². The molecular formula is C10H14Br2N4. The molecule has 0 aliphatic rings. The molecule has 0 atom stereocenters. The fraction of sp³-hybridized carbons (Fsp3) is 0.300. The third-order valence-electron chi connectivity index (χ3n) is 1.81. The molecule has 0 saturated carbocycles. The summed E-state index contributed by atoms with van der Waals surface area (Å²) in [6.45, 7) is 2.80. The summed E-state index contributed by atoms with van der Waals surface area (Å²) in [5, 5.41) is 3.11. The van der Waals surface area contributed by atoms with Gasteiger partial charge in [0.05, 0.1) is 5.69 Å². The van der Waals surface area contributed by atoms with E-state index in [1.165, 1.54) is 0 Å². The smallest absolute Gasteiger partial charge is 0.210 e. The van der Waals surface area contributed by atoms with Crippen LogP contribution in [0.2, 0.25) is 0 Å². The van der Waals surface area contributed by atoms with Crippen molar-refractivity contribution < 1.29 is 0 Å². The molecular weight excluding hydrogens is 336 g/mol. The summed E-state index contributed by atoms with van der Waals surface area (Å²) in [6.07, 6.45) is 0.979. The van der Waals surface area contributed by atoms with Gasteiger partial charge in [-0.25, -0.2) is 5.84 Å². The van der Waals surface area contributed by atoms with E-state index in [0.717, 1.165) is 27.6 Å². The van der Waals surface area contributed by atoms with Crippen molar-refractivity contribution >= 4 is 43.5 Å². The Hall–Kier alpha value is -0.590. The quantitative estimate of drug-likeness (QED) is 0.340. The second kappa shape index (κ2) is 6.88. The molecule has 0 aromatic heterocycles. The largest absolute Gasteiger partial charge is 0.324 e. The summed E-state index contributed by atoms with van der Waals surface area (Å²) in [4.78, 5) is 4.26. The van der Waals surface area contributed by atoms with Crippen LogP contribution in [0.1, 0.15) is 13.3 Å². The van der Waals surface area contributed by atoms with Crippen molar-refractivity contribution in [2.75, 3.05) is 11.9 Å². The average molecular weight is 350 g/mol. The van der Waals surface area contributed by atoms with Crippen molar-refractivity contribution in [1.29, 1.82) is 0 Å². The summed E-state index contributed by atoms with van der Waals surface area (Å²) in [7, 11) is 0. The zero-order valence-corrected chi connectivity index (χ0v) is 12.1. The van der Waals surface area contributed by atoms with Gasteiger partial charge >= 0.3 is 0 Å². The van der Waals surface area contributed by atoms with Gasteiger partial charge in [0.2, 0.25) is 5.96 Å². The number of halogens is 2. The first-order valence-electron chi connectivity index (χ1n) is 4.90. The summed E-state index contributed by atoms with van der Waals surface area (Å²) in [5.41, 5.74) is 3.44. The fourth-order valence-electron chi connectivity index (χ4n) is 1.07. The number of benzene rings is 1. The molecule has 0 aliphatic heterocycles. The van der Waals surface area contributed by atoms with Crippen LogP contribution < -0.4 is 16.6 Å². The van der Waals surface area contributed by atoms with E-state index in [4.69, 9.17) is 5.84 Å². The molecule has 6 heteroatoms. The lowest BCUT2D eigenvalue weighted by Gasteiger charge is -2.11. The van der Waals surface area contributed by atoms with Crippen LogP contribution in [0.15, 0.2) is 32.1 Å². The number of nitrogens with two attached hydrogens (primary N) is 1. The normalized spacial score (nSPS) is 11.4. The molecule has 4 N–H and O–H groups in total. The average Bonchev–Trinajstić information content (AvgIpc) is 2.28. The Labute approximate surface area is 112 Å². The zero-order valence-electron chi connectivity index (χ0n) is 8.93. The van der Waals surface area contributed by atoms with Gasteiger partial charge < -0.3 is 5.32 Å². The SMILES string of the molecule is CCCN=C(NN)Nc1cc(Br)ccc1Br. The number of guanidine groups is 1. The lowest BCUT2D eigenvalue weighted by Crippen LogP contribution is -2.36. The number of rotatable bonds is 3. The van der Waals surface area contributed by atoms with E-state index >= 15 is 0 Å². The maximum atomic E-state index is 5.38. The molecule has 0 unspecified atom stereocenters. The summed E-state index contributed by atoms with van der Waals surface area (Å²) >= 11 is 6.86. The monoisotopic (exact) mass is 348 g/mol. The van der Waals surface area contributed by atoms with E-state index in [-0.39, 0.29) is 0 Å². The van der Waals surface area contributed by atoms with Crippen LogP contribution >= 0.6 is 31.9 Å². The maximum absolute atomic E-state index is 5.38. The first-order valence-corrected chi connectivity index (χ1v) is 6.49. The van der Waals surface area contributed by atoms with Crippen molar-refractivity contribution in [2.45, 2.75) is 13.3 Å². The molecule has 1 rings (SSSR count). The van der Waals surface area contributed by atoms with Crippen LogP contribution in [-0.4, -0.2) is 12.5 Å². The van der Waals surface area contributed by atoms with E-state index in [2.05, 4.69) is 54.5 Å². The molecule has 0 spiro atoms. The summed E-state index contributed by atoms with van der Waals surface area (Å²) in [6, 6.07) is 5.84. The van der Waals surface area contributed by atoms with E-state index in [0.29, 0.717) is 5.96 Å². The van der Waals surface area contributed by atoms with Crippen LogP contribution in [0, 0.1) is 0 Å². The van der Waals surface area contributed by atoms with Gasteiger partial charge in [-0.05, 0) is 40.5 Å². The highest BCUT2D eigenvalue weighted by atomic mass is 79.9. The minimum Gasteiger partial charge on any atom is -0.324 e. The van der Waals surface area contributed by atoms with Crippen LogP contribution in [0.25, 0.3) is 0 Å². The Bertz CT molecular complexity index is 379. The highest BCUT2D eigenvalue weighted by molar-refractivity contribution is 9.11. The van der Waals surface area contributed by atoms with Gasteiger partial charge in [-0.2, -0.15) is 0 Å².